The van der Waals surface area contributed by atoms with Gasteiger partial charge in [-0.1, -0.05) is 24.6 Å². The molecule has 1 amide bonds. The molecule has 1 aliphatic carbocycles. The van der Waals surface area contributed by atoms with Crippen LogP contribution in [0.25, 0.3) is 0 Å². The Hall–Kier alpha value is -1.39. The molecule has 1 saturated carbocycles. The number of ether oxygens (including phenoxy) is 1. The quantitative estimate of drug-likeness (QED) is 0.746. The Morgan fingerprint density at radius 3 is 2.29 bits per heavy atom. The van der Waals surface area contributed by atoms with E-state index in [-0.39, 0.29) is 10.6 Å². The van der Waals surface area contributed by atoms with Crippen LogP contribution in [0.15, 0.2) is 30.3 Å². The summed E-state index contributed by atoms with van der Waals surface area (Å²) in [5.74, 6) is 0. The highest BCUT2D eigenvalue weighted by Gasteiger charge is 2.46. The Kier molecular flexibility index (Phi) is 6.05. The number of hydrogen-bond acceptors (Lipinski definition) is 3. The molecule has 0 saturated heterocycles. The average Bonchev–Trinajstić information content (AvgIpc) is 2.54. The Bertz CT molecular complexity index is 536. The summed E-state index contributed by atoms with van der Waals surface area (Å²) >= 11 is 0. The molecule has 0 bridgehead atoms. The van der Waals surface area contributed by atoms with Crippen LogP contribution in [-0.2, 0) is 4.74 Å². The zero-order valence-electron chi connectivity index (χ0n) is 15.9. The number of nitrogens with zero attached hydrogens (tertiary/aromatic N) is 2. The van der Waals surface area contributed by atoms with E-state index in [1.54, 1.807) is 0 Å². The minimum Gasteiger partial charge on any atom is -0.412 e. The predicted octanol–water partition coefficient (Wildman–Crippen LogP) is 4.43. The third-order valence-electron chi connectivity index (χ3n) is 5.04. The number of rotatable bonds is 5. The maximum absolute atomic E-state index is 13.3. The van der Waals surface area contributed by atoms with Gasteiger partial charge in [-0.05, 0) is 52.9 Å². The number of benzene rings is 1. The molecule has 1 unspecified atom stereocenters. The van der Waals surface area contributed by atoms with E-state index in [9.17, 15) is 4.79 Å². The van der Waals surface area contributed by atoms with Crippen molar-refractivity contribution >= 4 is 11.8 Å². The van der Waals surface area contributed by atoms with Gasteiger partial charge in [-0.25, -0.2) is 0 Å². The third kappa shape index (κ3) is 4.37. The van der Waals surface area contributed by atoms with Crippen LogP contribution < -0.4 is 4.48 Å². The second-order valence-electron chi connectivity index (χ2n) is 8.07. The SMILES string of the molecule is CN(C)CC(C)(C)OC(=O)[N+](C)(c1ccccc1)C1CCCCC1. The number of likely N-dealkylation sites (N-methyl/N-ethyl adjacent to an activating group) is 1. The molecule has 0 heterocycles. The second kappa shape index (κ2) is 7.66. The van der Waals surface area contributed by atoms with Gasteiger partial charge in [0.15, 0.2) is 0 Å². The lowest BCUT2D eigenvalue weighted by Gasteiger charge is -2.41. The molecule has 24 heavy (non-hydrogen) atoms. The number of quaternary nitrogens is 1. The molecule has 0 spiro atoms. The molecule has 0 aliphatic heterocycles. The van der Waals surface area contributed by atoms with Crippen molar-refractivity contribution in [2.75, 3.05) is 27.7 Å². The van der Waals surface area contributed by atoms with Gasteiger partial charge < -0.3 is 9.64 Å². The number of carbonyl (C=O) groups excluding carboxylic acids is 1. The van der Waals surface area contributed by atoms with E-state index in [0.717, 1.165) is 18.5 Å². The summed E-state index contributed by atoms with van der Waals surface area (Å²) in [5.41, 5.74) is 0.513. The van der Waals surface area contributed by atoms with Crippen molar-refractivity contribution in [3.63, 3.8) is 0 Å². The first kappa shape index (κ1) is 18.9. The van der Waals surface area contributed by atoms with E-state index in [4.69, 9.17) is 4.74 Å². The number of carbonyl (C=O) groups is 1. The molecule has 4 heteroatoms. The topological polar surface area (TPSA) is 29.5 Å². The van der Waals surface area contributed by atoms with Crippen LogP contribution in [0, 0.1) is 0 Å². The van der Waals surface area contributed by atoms with E-state index in [2.05, 4.69) is 17.0 Å². The molecule has 0 aromatic heterocycles. The van der Waals surface area contributed by atoms with Gasteiger partial charge in [0.05, 0.1) is 7.05 Å². The highest BCUT2D eigenvalue weighted by molar-refractivity contribution is 5.83. The highest BCUT2D eigenvalue weighted by Crippen LogP contribution is 2.34. The summed E-state index contributed by atoms with van der Waals surface area (Å²) in [6.45, 7) is 4.68. The molecule has 134 valence electrons. The molecule has 0 N–H and O–H groups in total. The van der Waals surface area contributed by atoms with Crippen LogP contribution >= 0.6 is 0 Å². The zero-order chi connectivity index (χ0) is 17.8. The summed E-state index contributed by atoms with van der Waals surface area (Å²) in [6, 6.07) is 10.4. The van der Waals surface area contributed by atoms with Gasteiger partial charge >= 0.3 is 6.09 Å². The van der Waals surface area contributed by atoms with Gasteiger partial charge in [0.25, 0.3) is 0 Å². The van der Waals surface area contributed by atoms with Gasteiger partial charge in [-0.15, -0.1) is 0 Å². The summed E-state index contributed by atoms with van der Waals surface area (Å²) in [5, 5.41) is 0. The molecule has 0 radical (unpaired) electrons. The largest absolute Gasteiger partial charge is 0.521 e. The van der Waals surface area contributed by atoms with Gasteiger partial charge in [-0.2, -0.15) is 9.28 Å². The van der Waals surface area contributed by atoms with E-state index in [1.807, 2.05) is 53.2 Å². The molecule has 1 aromatic carbocycles. The molecule has 1 aromatic rings. The van der Waals surface area contributed by atoms with Crippen molar-refractivity contribution in [3.05, 3.63) is 30.3 Å². The van der Waals surface area contributed by atoms with Crippen molar-refractivity contribution in [2.45, 2.75) is 57.6 Å². The van der Waals surface area contributed by atoms with Crippen molar-refractivity contribution in [1.82, 2.24) is 9.38 Å². The molecule has 2 rings (SSSR count). The van der Waals surface area contributed by atoms with Gasteiger partial charge in [0.1, 0.15) is 17.3 Å². The minimum absolute atomic E-state index is 0.139. The fourth-order valence-electron chi connectivity index (χ4n) is 3.93. The first-order valence-electron chi connectivity index (χ1n) is 9.06. The van der Waals surface area contributed by atoms with E-state index >= 15 is 0 Å². The fraction of sp³-hybridized carbons (Fsp3) is 0.650. The van der Waals surface area contributed by atoms with E-state index in [1.165, 1.54) is 19.3 Å². The van der Waals surface area contributed by atoms with Crippen LogP contribution in [0.4, 0.5) is 10.5 Å². The van der Waals surface area contributed by atoms with Crippen LogP contribution in [0.2, 0.25) is 0 Å². The minimum atomic E-state index is -0.510. The maximum atomic E-state index is 13.3. The standard InChI is InChI=1S/C20H33N2O2/c1-20(2,16-21(3)4)24-19(23)22(5,17-12-8-6-9-13-17)18-14-10-7-11-15-18/h6,8-9,12-13,18H,7,10-11,14-16H2,1-5H3/q+1. The molecule has 4 nitrogen and oxygen atoms in total. The lowest BCUT2D eigenvalue weighted by Crippen LogP contribution is -2.60. The molecule has 1 aliphatic rings. The fourth-order valence-corrected chi connectivity index (χ4v) is 3.93. The Morgan fingerprint density at radius 1 is 1.17 bits per heavy atom. The van der Waals surface area contributed by atoms with Gasteiger partial charge in [0, 0.05) is 19.4 Å². The van der Waals surface area contributed by atoms with Crippen LogP contribution in [0.5, 0.6) is 0 Å². The second-order valence-corrected chi connectivity index (χ2v) is 8.07. The van der Waals surface area contributed by atoms with Crippen molar-refractivity contribution in [2.24, 2.45) is 0 Å². The van der Waals surface area contributed by atoms with Crippen LogP contribution in [0.1, 0.15) is 46.0 Å². The Morgan fingerprint density at radius 2 is 1.75 bits per heavy atom. The summed E-state index contributed by atoms with van der Waals surface area (Å²) in [4.78, 5) is 15.3. The molecular weight excluding hydrogens is 300 g/mol. The van der Waals surface area contributed by atoms with Crippen molar-refractivity contribution in [1.29, 1.82) is 0 Å². The smallest absolute Gasteiger partial charge is 0.412 e. The molecule has 1 atom stereocenters. The molecular formula is C20H33N2O2+. The van der Waals surface area contributed by atoms with E-state index < -0.39 is 5.60 Å². The van der Waals surface area contributed by atoms with Crippen molar-refractivity contribution < 1.29 is 9.53 Å². The first-order valence-corrected chi connectivity index (χ1v) is 9.06. The molecule has 1 fully saturated rings. The van der Waals surface area contributed by atoms with E-state index in [0.29, 0.717) is 12.6 Å². The number of amides is 1. The highest BCUT2D eigenvalue weighted by atomic mass is 16.6. The Labute approximate surface area is 147 Å². The lowest BCUT2D eigenvalue weighted by atomic mass is 9.92. The maximum Gasteiger partial charge on any atom is 0.521 e. The summed E-state index contributed by atoms with van der Waals surface area (Å²) in [7, 11) is 6.03. The number of para-hydroxylation sites is 1. The normalized spacial score (nSPS) is 19.1. The van der Waals surface area contributed by atoms with Gasteiger partial charge in [-0.3, -0.25) is 0 Å². The predicted molar refractivity (Wildman–Crippen MR) is 100 cm³/mol. The van der Waals surface area contributed by atoms with Crippen molar-refractivity contribution in [3.8, 4) is 0 Å². The lowest BCUT2D eigenvalue weighted by molar-refractivity contribution is -0.00361. The van der Waals surface area contributed by atoms with Crippen LogP contribution in [0.3, 0.4) is 0 Å². The Balaban J connectivity index is 2.30. The first-order chi connectivity index (χ1) is 11.3. The van der Waals surface area contributed by atoms with Gasteiger partial charge in [0.2, 0.25) is 0 Å². The summed E-state index contributed by atoms with van der Waals surface area (Å²) in [6.07, 6.45) is 5.68. The van der Waals surface area contributed by atoms with Crippen LogP contribution in [-0.4, -0.2) is 50.3 Å². The monoisotopic (exact) mass is 333 g/mol. The summed E-state index contributed by atoms with van der Waals surface area (Å²) < 4.78 is 6.26. The number of hydrogen-bond donors (Lipinski definition) is 0. The average molecular weight is 333 g/mol. The third-order valence-corrected chi connectivity index (χ3v) is 5.04. The zero-order valence-corrected chi connectivity index (χ0v) is 15.9.